The van der Waals surface area contributed by atoms with E-state index in [2.05, 4.69) is 31.1 Å². The third-order valence-corrected chi connectivity index (χ3v) is 1.08. The number of carboxylic acids is 1. The van der Waals surface area contributed by atoms with Gasteiger partial charge in [-0.25, -0.2) is 9.59 Å². The second kappa shape index (κ2) is 18.9. The summed E-state index contributed by atoms with van der Waals surface area (Å²) in [6.07, 6.45) is 3.99. The second-order valence-corrected chi connectivity index (χ2v) is 2.27. The fourth-order valence-electron chi connectivity index (χ4n) is 0.376. The summed E-state index contributed by atoms with van der Waals surface area (Å²) < 4.78 is 4.67. The maximum Gasteiger partial charge on any atom is 0.330 e. The van der Waals surface area contributed by atoms with E-state index in [0.29, 0.717) is 6.61 Å². The van der Waals surface area contributed by atoms with Crippen molar-refractivity contribution in [1.29, 1.82) is 0 Å². The van der Waals surface area contributed by atoms with Crippen molar-refractivity contribution in [1.82, 2.24) is 0 Å². The van der Waals surface area contributed by atoms with E-state index >= 15 is 0 Å². The van der Waals surface area contributed by atoms with Gasteiger partial charge in [-0.1, -0.05) is 26.5 Å². The smallest absolute Gasteiger partial charge is 0.330 e. The molecule has 0 heterocycles. The van der Waals surface area contributed by atoms with Crippen LogP contribution in [0.2, 0.25) is 0 Å². The van der Waals surface area contributed by atoms with Gasteiger partial charge in [0.05, 0.1) is 6.61 Å². The second-order valence-electron chi connectivity index (χ2n) is 2.27. The molecule has 0 aromatic carbocycles. The number of aliphatic carboxylic acids is 1. The number of unbranched alkanes of at least 4 members (excludes halogenated alkanes) is 1. The Kier molecular flexibility index (Phi) is 23.2. The number of esters is 1. The standard InChI is InChI=1S/C7H12O2.C3H4O2.C2H4/c1-3-5-6-9-7(8)4-2;1-2-3(4)5;1-2/h4H,2-3,5-6H2,1H3;2H,1H2,(H,4,5);1-2H2. The molecule has 0 unspecified atom stereocenters. The van der Waals surface area contributed by atoms with Crippen molar-refractivity contribution in [2.75, 3.05) is 6.61 Å². The number of carbonyl (C=O) groups is 2. The molecule has 0 aliphatic rings. The minimum absolute atomic E-state index is 0.330. The van der Waals surface area contributed by atoms with Crippen LogP contribution < -0.4 is 0 Å². The van der Waals surface area contributed by atoms with Gasteiger partial charge in [-0.2, -0.15) is 0 Å². The maximum atomic E-state index is 10.3. The monoisotopic (exact) mass is 228 g/mol. The lowest BCUT2D eigenvalue weighted by Crippen LogP contribution is -2.00. The SMILES string of the molecule is C=C.C=CC(=O)O.C=CC(=O)OCCCC. The average Bonchev–Trinajstić information content (AvgIpc) is 2.32. The first-order valence-electron chi connectivity index (χ1n) is 4.73. The molecular formula is C12H20O4. The van der Waals surface area contributed by atoms with Crippen LogP contribution in [0, 0.1) is 0 Å². The van der Waals surface area contributed by atoms with Crippen LogP contribution >= 0.6 is 0 Å². The normalized spacial score (nSPS) is 7.06. The predicted octanol–water partition coefficient (Wildman–Crippen LogP) is 2.57. The van der Waals surface area contributed by atoms with Gasteiger partial charge in [0.25, 0.3) is 0 Å². The third kappa shape index (κ3) is 29.5. The van der Waals surface area contributed by atoms with Gasteiger partial charge in [-0.15, -0.1) is 13.2 Å². The van der Waals surface area contributed by atoms with E-state index in [1.165, 1.54) is 6.08 Å². The highest BCUT2D eigenvalue weighted by Gasteiger charge is 1.91. The van der Waals surface area contributed by atoms with E-state index in [1.807, 2.05) is 6.92 Å². The van der Waals surface area contributed by atoms with E-state index in [1.54, 1.807) is 0 Å². The summed E-state index contributed by atoms with van der Waals surface area (Å²) in [6.45, 7) is 14.8. The van der Waals surface area contributed by atoms with Gasteiger partial charge in [-0.05, 0) is 6.42 Å². The van der Waals surface area contributed by atoms with Crippen molar-refractivity contribution in [3.05, 3.63) is 38.5 Å². The Morgan fingerprint density at radius 1 is 1.25 bits per heavy atom. The first kappa shape index (κ1) is 19.7. The lowest BCUT2D eigenvalue weighted by molar-refractivity contribution is -0.137. The van der Waals surface area contributed by atoms with Gasteiger partial charge in [0.1, 0.15) is 0 Å². The van der Waals surface area contributed by atoms with Crippen LogP contribution in [0.5, 0.6) is 0 Å². The molecule has 92 valence electrons. The molecule has 0 atom stereocenters. The molecule has 0 aliphatic carbocycles. The topological polar surface area (TPSA) is 63.6 Å². The largest absolute Gasteiger partial charge is 0.478 e. The van der Waals surface area contributed by atoms with Crippen LogP contribution in [0.1, 0.15) is 19.8 Å². The molecule has 1 N–H and O–H groups in total. The third-order valence-electron chi connectivity index (χ3n) is 1.08. The van der Waals surface area contributed by atoms with Crippen LogP contribution in [0.4, 0.5) is 0 Å². The summed E-state index contributed by atoms with van der Waals surface area (Å²) in [4.78, 5) is 19.6. The molecule has 4 heteroatoms. The van der Waals surface area contributed by atoms with Gasteiger partial charge in [-0.3, -0.25) is 0 Å². The molecule has 0 aromatic rings. The lowest BCUT2D eigenvalue weighted by atomic mass is 10.4. The van der Waals surface area contributed by atoms with Crippen molar-refractivity contribution in [2.45, 2.75) is 19.8 Å². The summed E-state index contributed by atoms with van der Waals surface area (Å²) in [5.41, 5.74) is 0. The fraction of sp³-hybridized carbons (Fsp3) is 0.333. The highest BCUT2D eigenvalue weighted by Crippen LogP contribution is 1.88. The summed E-state index contributed by atoms with van der Waals surface area (Å²) in [7, 11) is 0. The molecule has 16 heavy (non-hydrogen) atoms. The van der Waals surface area contributed by atoms with Crippen molar-refractivity contribution >= 4 is 11.9 Å². The van der Waals surface area contributed by atoms with E-state index in [0.717, 1.165) is 18.9 Å². The van der Waals surface area contributed by atoms with Crippen molar-refractivity contribution in [3.63, 3.8) is 0 Å². The molecule has 0 fully saturated rings. The number of ether oxygens (including phenoxy) is 1. The molecule has 0 spiro atoms. The maximum absolute atomic E-state index is 10.3. The van der Waals surface area contributed by atoms with Crippen molar-refractivity contribution < 1.29 is 19.4 Å². The van der Waals surface area contributed by atoms with E-state index < -0.39 is 5.97 Å². The van der Waals surface area contributed by atoms with Gasteiger partial charge < -0.3 is 9.84 Å². The van der Waals surface area contributed by atoms with Crippen LogP contribution in [0.15, 0.2) is 38.5 Å². The zero-order chi connectivity index (χ0) is 13.4. The van der Waals surface area contributed by atoms with Crippen LogP contribution in [-0.4, -0.2) is 23.7 Å². The molecule has 0 aromatic heterocycles. The Bertz CT molecular complexity index is 209. The number of hydrogen-bond acceptors (Lipinski definition) is 3. The molecule has 0 rings (SSSR count). The fourth-order valence-corrected chi connectivity index (χ4v) is 0.376. The minimum atomic E-state index is -0.981. The van der Waals surface area contributed by atoms with Gasteiger partial charge in [0.15, 0.2) is 0 Å². The number of carboxylic acid groups (broad SMARTS) is 1. The van der Waals surface area contributed by atoms with E-state index in [4.69, 9.17) is 5.11 Å². The summed E-state index contributed by atoms with van der Waals surface area (Å²) in [5, 5.41) is 7.60. The Morgan fingerprint density at radius 2 is 1.69 bits per heavy atom. The molecule has 0 saturated heterocycles. The Morgan fingerprint density at radius 3 is 1.94 bits per heavy atom. The molecule has 0 bridgehead atoms. The molecular weight excluding hydrogens is 208 g/mol. The van der Waals surface area contributed by atoms with Crippen molar-refractivity contribution in [3.8, 4) is 0 Å². The van der Waals surface area contributed by atoms with Crippen LogP contribution in [0.3, 0.4) is 0 Å². The predicted molar refractivity (Wildman–Crippen MR) is 65.2 cm³/mol. The van der Waals surface area contributed by atoms with Gasteiger partial charge >= 0.3 is 11.9 Å². The van der Waals surface area contributed by atoms with E-state index in [9.17, 15) is 9.59 Å². The first-order valence-corrected chi connectivity index (χ1v) is 4.73. The molecule has 0 amide bonds. The summed E-state index contributed by atoms with van der Waals surface area (Å²) >= 11 is 0. The van der Waals surface area contributed by atoms with Crippen LogP contribution in [-0.2, 0) is 14.3 Å². The quantitative estimate of drug-likeness (QED) is 0.340. The van der Waals surface area contributed by atoms with Crippen molar-refractivity contribution in [2.24, 2.45) is 0 Å². The van der Waals surface area contributed by atoms with Crippen LogP contribution in [0.25, 0.3) is 0 Å². The minimum Gasteiger partial charge on any atom is -0.478 e. The van der Waals surface area contributed by atoms with Gasteiger partial charge in [0, 0.05) is 12.2 Å². The lowest BCUT2D eigenvalue weighted by Gasteiger charge is -1.97. The average molecular weight is 228 g/mol. The summed E-state index contributed by atoms with van der Waals surface area (Å²) in [6, 6.07) is 0. The summed E-state index contributed by atoms with van der Waals surface area (Å²) in [5.74, 6) is -1.31. The molecule has 0 saturated carbocycles. The number of carbonyl (C=O) groups excluding carboxylic acids is 1. The molecule has 0 aliphatic heterocycles. The highest BCUT2D eigenvalue weighted by atomic mass is 16.5. The molecule has 4 nitrogen and oxygen atoms in total. The highest BCUT2D eigenvalue weighted by molar-refractivity contribution is 5.81. The first-order chi connectivity index (χ1) is 7.58. The molecule has 0 radical (unpaired) electrons. The Labute approximate surface area is 96.9 Å². The van der Waals surface area contributed by atoms with Gasteiger partial charge in [0.2, 0.25) is 0 Å². The number of hydrogen-bond donors (Lipinski definition) is 1. The van der Waals surface area contributed by atoms with E-state index in [-0.39, 0.29) is 5.97 Å². The Balaban J connectivity index is -0.000000205. The zero-order valence-electron chi connectivity index (χ0n) is 9.78. The zero-order valence-corrected chi connectivity index (χ0v) is 9.78. The number of rotatable bonds is 5. The Hall–Kier alpha value is -1.84.